The van der Waals surface area contributed by atoms with Crippen LogP contribution in [0.25, 0.3) is 0 Å². The second-order valence-corrected chi connectivity index (χ2v) is 5.81. The summed E-state index contributed by atoms with van der Waals surface area (Å²) in [5.41, 5.74) is -1.95. The highest BCUT2D eigenvalue weighted by Crippen LogP contribution is 2.26. The lowest BCUT2D eigenvalue weighted by molar-refractivity contribution is -0.146. The number of methoxy groups -OCH3 is 1. The summed E-state index contributed by atoms with van der Waals surface area (Å²) in [6.45, 7) is 2.60. The van der Waals surface area contributed by atoms with E-state index in [1.54, 1.807) is 0 Å². The Morgan fingerprint density at radius 1 is 1.33 bits per heavy atom. The quantitative estimate of drug-likeness (QED) is 0.831. The van der Waals surface area contributed by atoms with Crippen LogP contribution in [0.3, 0.4) is 0 Å². The Balaban J connectivity index is 2.79. The van der Waals surface area contributed by atoms with Crippen LogP contribution in [-0.2, 0) is 14.3 Å². The second kappa shape index (κ2) is 7.09. The Morgan fingerprint density at radius 2 is 1.86 bits per heavy atom. The molecule has 0 radical (unpaired) electrons. The lowest BCUT2D eigenvalue weighted by atomic mass is 9.94. The van der Waals surface area contributed by atoms with Crippen molar-refractivity contribution in [2.24, 2.45) is 5.92 Å². The van der Waals surface area contributed by atoms with Gasteiger partial charge < -0.3 is 10.1 Å². The van der Waals surface area contributed by atoms with Gasteiger partial charge in [0.2, 0.25) is 0 Å². The molecule has 0 saturated heterocycles. The van der Waals surface area contributed by atoms with Gasteiger partial charge in [-0.25, -0.2) is 4.39 Å². The van der Waals surface area contributed by atoms with E-state index >= 15 is 0 Å². The van der Waals surface area contributed by atoms with Gasteiger partial charge in [0.25, 0.3) is 5.91 Å². The summed E-state index contributed by atoms with van der Waals surface area (Å²) in [6, 6.07) is 4.39. The summed E-state index contributed by atoms with van der Waals surface area (Å²) in [4.78, 5) is 23.3. The van der Waals surface area contributed by atoms with Crippen LogP contribution in [0.4, 0.5) is 10.1 Å². The molecule has 116 valence electrons. The zero-order valence-corrected chi connectivity index (χ0v) is 13.4. The van der Waals surface area contributed by atoms with Crippen LogP contribution >= 0.6 is 23.2 Å². The zero-order valence-electron chi connectivity index (χ0n) is 11.9. The number of carbonyl (C=O) groups excluding carboxylic acids is 2. The van der Waals surface area contributed by atoms with Gasteiger partial charge in [-0.15, -0.1) is 0 Å². The van der Waals surface area contributed by atoms with E-state index in [1.807, 2.05) is 0 Å². The first-order chi connectivity index (χ1) is 9.65. The Morgan fingerprint density at radius 3 is 2.33 bits per heavy atom. The third-order valence-corrected chi connectivity index (χ3v) is 3.32. The van der Waals surface area contributed by atoms with Crippen molar-refractivity contribution < 1.29 is 18.7 Å². The first kappa shape index (κ1) is 17.7. The van der Waals surface area contributed by atoms with Gasteiger partial charge in [0.1, 0.15) is 0 Å². The predicted molar refractivity (Wildman–Crippen MR) is 80.4 cm³/mol. The van der Waals surface area contributed by atoms with Gasteiger partial charge in [0.15, 0.2) is 5.67 Å². The van der Waals surface area contributed by atoms with Crippen LogP contribution < -0.4 is 5.32 Å². The standard InChI is InChI=1S/C14H16Cl2FNO3/c1-8(12(19)21-3)7-14(2,17)13(20)18-11-5-9(15)4-10(16)6-11/h4-6,8H,7H2,1-3H3,(H,18,20). The van der Waals surface area contributed by atoms with Crippen molar-refractivity contribution in [2.75, 3.05) is 12.4 Å². The highest BCUT2D eigenvalue weighted by Gasteiger charge is 2.37. The maximum atomic E-state index is 14.4. The number of alkyl halides is 1. The van der Waals surface area contributed by atoms with Crippen LogP contribution in [-0.4, -0.2) is 24.7 Å². The van der Waals surface area contributed by atoms with Crippen molar-refractivity contribution in [2.45, 2.75) is 25.9 Å². The maximum absolute atomic E-state index is 14.4. The lowest BCUT2D eigenvalue weighted by Gasteiger charge is -2.22. The van der Waals surface area contributed by atoms with Gasteiger partial charge in [-0.05, 0) is 25.1 Å². The number of nitrogens with one attached hydrogen (secondary N) is 1. The molecule has 1 rings (SSSR count). The molecule has 0 heterocycles. The molecule has 4 nitrogen and oxygen atoms in total. The number of amides is 1. The van der Waals surface area contributed by atoms with E-state index in [0.717, 1.165) is 6.92 Å². The molecule has 0 spiro atoms. The second-order valence-electron chi connectivity index (χ2n) is 4.94. The molecule has 1 aromatic rings. The summed E-state index contributed by atoms with van der Waals surface area (Å²) < 4.78 is 18.9. The minimum absolute atomic E-state index is 0.284. The molecular formula is C14H16Cl2FNO3. The zero-order chi connectivity index (χ0) is 16.2. The molecular weight excluding hydrogens is 320 g/mol. The monoisotopic (exact) mass is 335 g/mol. The van der Waals surface area contributed by atoms with Crippen LogP contribution in [0.1, 0.15) is 20.3 Å². The number of ether oxygens (including phenoxy) is 1. The minimum Gasteiger partial charge on any atom is -0.469 e. The lowest BCUT2D eigenvalue weighted by Crippen LogP contribution is -2.38. The SMILES string of the molecule is COC(=O)C(C)CC(C)(F)C(=O)Nc1cc(Cl)cc(Cl)c1. The topological polar surface area (TPSA) is 55.4 Å². The van der Waals surface area contributed by atoms with Gasteiger partial charge in [0.05, 0.1) is 13.0 Å². The molecule has 2 atom stereocenters. The number of hydrogen-bond donors (Lipinski definition) is 1. The minimum atomic E-state index is -2.23. The third-order valence-electron chi connectivity index (χ3n) is 2.89. The molecule has 1 N–H and O–H groups in total. The van der Waals surface area contributed by atoms with Crippen LogP contribution in [0.2, 0.25) is 10.0 Å². The van der Waals surface area contributed by atoms with E-state index in [0.29, 0.717) is 10.0 Å². The van der Waals surface area contributed by atoms with Crippen molar-refractivity contribution in [3.05, 3.63) is 28.2 Å². The third kappa shape index (κ3) is 5.17. The van der Waals surface area contributed by atoms with Gasteiger partial charge in [-0.2, -0.15) is 0 Å². The molecule has 0 aliphatic heterocycles. The Hall–Kier alpha value is -1.33. The highest BCUT2D eigenvalue weighted by molar-refractivity contribution is 6.35. The number of anilines is 1. The number of benzene rings is 1. The molecule has 1 aromatic carbocycles. The fraction of sp³-hybridized carbons (Fsp3) is 0.429. The first-order valence-electron chi connectivity index (χ1n) is 6.20. The molecule has 0 bridgehead atoms. The van der Waals surface area contributed by atoms with E-state index in [1.165, 1.54) is 32.2 Å². The van der Waals surface area contributed by atoms with Gasteiger partial charge in [-0.3, -0.25) is 9.59 Å². The summed E-state index contributed by atoms with van der Waals surface area (Å²) >= 11 is 11.6. The van der Waals surface area contributed by atoms with Gasteiger partial charge in [0, 0.05) is 22.2 Å². The molecule has 2 unspecified atom stereocenters. The Labute approximate surface area is 132 Å². The smallest absolute Gasteiger partial charge is 0.308 e. The Bertz CT molecular complexity index is 529. The van der Waals surface area contributed by atoms with Crippen molar-refractivity contribution in [1.82, 2.24) is 0 Å². The number of carbonyl (C=O) groups is 2. The number of rotatable bonds is 5. The van der Waals surface area contributed by atoms with Crippen LogP contribution in [0.15, 0.2) is 18.2 Å². The summed E-state index contributed by atoms with van der Waals surface area (Å²) in [5, 5.41) is 3.03. The molecule has 0 saturated carbocycles. The van der Waals surface area contributed by atoms with Gasteiger partial charge in [-0.1, -0.05) is 30.1 Å². The van der Waals surface area contributed by atoms with E-state index < -0.39 is 23.5 Å². The average Bonchev–Trinajstić information content (AvgIpc) is 2.35. The molecule has 0 aliphatic rings. The van der Waals surface area contributed by atoms with E-state index in [4.69, 9.17) is 23.2 Å². The summed E-state index contributed by atoms with van der Waals surface area (Å²) in [5.74, 6) is -2.19. The summed E-state index contributed by atoms with van der Waals surface area (Å²) in [7, 11) is 1.21. The average molecular weight is 336 g/mol. The normalized spacial score (nSPS) is 15.0. The predicted octanol–water partition coefficient (Wildman–Crippen LogP) is 3.86. The number of hydrogen-bond acceptors (Lipinski definition) is 3. The Kier molecular flexibility index (Phi) is 5.98. The van der Waals surface area contributed by atoms with Crippen LogP contribution in [0, 0.1) is 5.92 Å². The van der Waals surface area contributed by atoms with Crippen molar-refractivity contribution >= 4 is 40.8 Å². The van der Waals surface area contributed by atoms with Gasteiger partial charge >= 0.3 is 5.97 Å². The molecule has 0 aromatic heterocycles. The highest BCUT2D eigenvalue weighted by atomic mass is 35.5. The maximum Gasteiger partial charge on any atom is 0.308 e. The molecule has 1 amide bonds. The van der Waals surface area contributed by atoms with E-state index in [9.17, 15) is 14.0 Å². The molecule has 21 heavy (non-hydrogen) atoms. The van der Waals surface area contributed by atoms with Crippen molar-refractivity contribution in [3.63, 3.8) is 0 Å². The van der Waals surface area contributed by atoms with Crippen LogP contribution in [0.5, 0.6) is 0 Å². The van der Waals surface area contributed by atoms with E-state index in [2.05, 4.69) is 10.1 Å². The summed E-state index contributed by atoms with van der Waals surface area (Å²) in [6.07, 6.45) is -0.292. The van der Waals surface area contributed by atoms with E-state index in [-0.39, 0.29) is 12.1 Å². The fourth-order valence-corrected chi connectivity index (χ4v) is 2.37. The number of halogens is 3. The van der Waals surface area contributed by atoms with Crippen molar-refractivity contribution in [3.8, 4) is 0 Å². The number of esters is 1. The fourth-order valence-electron chi connectivity index (χ4n) is 1.84. The largest absolute Gasteiger partial charge is 0.469 e. The molecule has 7 heteroatoms. The molecule has 0 fully saturated rings. The first-order valence-corrected chi connectivity index (χ1v) is 6.95. The van der Waals surface area contributed by atoms with Crippen molar-refractivity contribution in [1.29, 1.82) is 0 Å². The molecule has 0 aliphatic carbocycles.